The summed E-state index contributed by atoms with van der Waals surface area (Å²) in [5, 5.41) is 3.03. The molecule has 3 N–H and O–H groups in total. The van der Waals surface area contributed by atoms with E-state index >= 15 is 0 Å². The summed E-state index contributed by atoms with van der Waals surface area (Å²) in [5.41, 5.74) is 6.19. The second-order valence-electron chi connectivity index (χ2n) is 4.60. The summed E-state index contributed by atoms with van der Waals surface area (Å²) >= 11 is 0. The minimum Gasteiger partial charge on any atom is -0.373 e. The molecule has 2 heterocycles. The third kappa shape index (κ3) is 2.76. The van der Waals surface area contributed by atoms with Crippen molar-refractivity contribution in [3.8, 4) is 0 Å². The van der Waals surface area contributed by atoms with Gasteiger partial charge in [-0.15, -0.1) is 0 Å². The Kier molecular flexibility index (Phi) is 3.76. The lowest BCUT2D eigenvalue weighted by Gasteiger charge is -2.22. The molecule has 1 atom stereocenters. The molecule has 1 amide bonds. The number of carbonyl (C=O) groups excluding carboxylic acids is 1. The van der Waals surface area contributed by atoms with E-state index in [0.29, 0.717) is 0 Å². The summed E-state index contributed by atoms with van der Waals surface area (Å²) in [6, 6.07) is 2.00. The first-order valence-corrected chi connectivity index (χ1v) is 6.16. The molecule has 0 bridgehead atoms. The Hall–Kier alpha value is -1.69. The fourth-order valence-electron chi connectivity index (χ4n) is 2.38. The third-order valence-electron chi connectivity index (χ3n) is 3.15. The van der Waals surface area contributed by atoms with Crippen LogP contribution >= 0.6 is 0 Å². The fraction of sp³-hybridized carbons (Fsp3) is 0.583. The number of rotatable bonds is 4. The summed E-state index contributed by atoms with van der Waals surface area (Å²) in [6.45, 7) is 3.09. The van der Waals surface area contributed by atoms with Crippen LogP contribution in [0.25, 0.3) is 0 Å². The molecule has 0 radical (unpaired) electrons. The number of carbonyl (C=O) groups is 1. The number of hydrogen-bond acceptors (Lipinski definition) is 5. The monoisotopic (exact) mass is 249 g/mol. The van der Waals surface area contributed by atoms with E-state index in [-0.39, 0.29) is 18.5 Å². The van der Waals surface area contributed by atoms with E-state index in [9.17, 15) is 4.79 Å². The molecule has 0 unspecified atom stereocenters. The number of aryl methyl sites for hydroxylation is 1. The first-order chi connectivity index (χ1) is 8.60. The zero-order valence-corrected chi connectivity index (χ0v) is 10.8. The minimum absolute atomic E-state index is 0.101. The van der Waals surface area contributed by atoms with Crippen molar-refractivity contribution < 1.29 is 4.79 Å². The lowest BCUT2D eigenvalue weighted by molar-refractivity contribution is -0.119. The van der Waals surface area contributed by atoms with Crippen molar-refractivity contribution in [3.63, 3.8) is 0 Å². The summed E-state index contributed by atoms with van der Waals surface area (Å²) in [7, 11) is 1.83. The van der Waals surface area contributed by atoms with Gasteiger partial charge in [-0.05, 0) is 26.3 Å². The number of aromatic nitrogens is 2. The van der Waals surface area contributed by atoms with Gasteiger partial charge in [-0.2, -0.15) is 0 Å². The molecule has 1 saturated heterocycles. The van der Waals surface area contributed by atoms with Crippen LogP contribution in [0.2, 0.25) is 0 Å². The Labute approximate surface area is 107 Å². The Bertz CT molecular complexity index is 448. The van der Waals surface area contributed by atoms with Gasteiger partial charge in [0.1, 0.15) is 11.6 Å². The predicted octanol–water partition coefficient (Wildman–Crippen LogP) is 0.449. The van der Waals surface area contributed by atoms with Crippen LogP contribution in [0, 0.1) is 6.92 Å². The summed E-state index contributed by atoms with van der Waals surface area (Å²) in [6.07, 6.45) is 2.02. The van der Waals surface area contributed by atoms with Crippen LogP contribution in [0.1, 0.15) is 30.4 Å². The molecule has 1 fully saturated rings. The number of primary amides is 1. The second kappa shape index (κ2) is 5.30. The van der Waals surface area contributed by atoms with Gasteiger partial charge in [-0.1, -0.05) is 0 Å². The van der Waals surface area contributed by atoms with E-state index in [1.165, 1.54) is 0 Å². The van der Waals surface area contributed by atoms with Gasteiger partial charge in [0.25, 0.3) is 0 Å². The van der Waals surface area contributed by atoms with Gasteiger partial charge < -0.3 is 11.1 Å². The maximum atomic E-state index is 11.0. The van der Waals surface area contributed by atoms with E-state index in [0.717, 1.165) is 36.7 Å². The molecular formula is C12H19N5O. The highest BCUT2D eigenvalue weighted by atomic mass is 16.1. The van der Waals surface area contributed by atoms with Gasteiger partial charge in [-0.25, -0.2) is 9.97 Å². The Morgan fingerprint density at radius 1 is 1.61 bits per heavy atom. The number of nitrogens with zero attached hydrogens (tertiary/aromatic N) is 3. The minimum atomic E-state index is -0.302. The summed E-state index contributed by atoms with van der Waals surface area (Å²) in [4.78, 5) is 22.1. The number of amides is 1. The lowest BCUT2D eigenvalue weighted by atomic mass is 10.2. The zero-order valence-electron chi connectivity index (χ0n) is 10.8. The molecule has 98 valence electrons. The van der Waals surface area contributed by atoms with Crippen molar-refractivity contribution in [2.75, 3.05) is 25.5 Å². The van der Waals surface area contributed by atoms with Gasteiger partial charge in [0.05, 0.1) is 12.6 Å². The predicted molar refractivity (Wildman–Crippen MR) is 69.1 cm³/mol. The number of nitrogens with two attached hydrogens (primary N) is 1. The Balaban J connectivity index is 2.24. The highest BCUT2D eigenvalue weighted by molar-refractivity contribution is 5.76. The van der Waals surface area contributed by atoms with Gasteiger partial charge >= 0.3 is 0 Å². The largest absolute Gasteiger partial charge is 0.373 e. The smallest absolute Gasteiger partial charge is 0.231 e. The number of likely N-dealkylation sites (tertiary alicyclic amines) is 1. The molecule has 1 aromatic rings. The van der Waals surface area contributed by atoms with Crippen molar-refractivity contribution in [3.05, 3.63) is 17.6 Å². The fourth-order valence-corrected chi connectivity index (χ4v) is 2.38. The summed E-state index contributed by atoms with van der Waals surface area (Å²) < 4.78 is 0. The van der Waals surface area contributed by atoms with E-state index in [1.807, 2.05) is 20.0 Å². The molecule has 1 aromatic heterocycles. The Morgan fingerprint density at radius 2 is 2.39 bits per heavy atom. The molecular weight excluding hydrogens is 230 g/mol. The van der Waals surface area contributed by atoms with Gasteiger partial charge in [0.2, 0.25) is 5.91 Å². The first-order valence-electron chi connectivity index (χ1n) is 6.16. The molecule has 6 nitrogen and oxygen atoms in total. The van der Waals surface area contributed by atoms with E-state index in [1.54, 1.807) is 0 Å². The van der Waals surface area contributed by atoms with E-state index < -0.39 is 0 Å². The zero-order chi connectivity index (χ0) is 13.1. The van der Waals surface area contributed by atoms with Crippen LogP contribution in [0.15, 0.2) is 6.07 Å². The Morgan fingerprint density at radius 3 is 3.06 bits per heavy atom. The SMILES string of the molecule is CNc1cc(C)nc([C@H]2CCCN2CC(N)=O)n1. The van der Waals surface area contributed by atoms with Crippen LogP contribution in [0.4, 0.5) is 5.82 Å². The number of nitrogens with one attached hydrogen (secondary N) is 1. The van der Waals surface area contributed by atoms with Gasteiger partial charge in [-0.3, -0.25) is 9.69 Å². The number of anilines is 1. The maximum Gasteiger partial charge on any atom is 0.231 e. The van der Waals surface area contributed by atoms with E-state index in [2.05, 4.69) is 20.2 Å². The molecule has 1 aliphatic rings. The van der Waals surface area contributed by atoms with Crippen LogP contribution in [0.3, 0.4) is 0 Å². The highest BCUT2D eigenvalue weighted by Gasteiger charge is 2.29. The van der Waals surface area contributed by atoms with Crippen LogP contribution in [-0.4, -0.2) is 40.9 Å². The topological polar surface area (TPSA) is 84.1 Å². The molecule has 2 rings (SSSR count). The van der Waals surface area contributed by atoms with Gasteiger partial charge in [0.15, 0.2) is 0 Å². The molecule has 1 aliphatic heterocycles. The van der Waals surface area contributed by atoms with Crippen LogP contribution < -0.4 is 11.1 Å². The van der Waals surface area contributed by atoms with E-state index in [4.69, 9.17) is 5.73 Å². The first kappa shape index (κ1) is 12.8. The maximum absolute atomic E-state index is 11.0. The van der Waals surface area contributed by atoms with Crippen molar-refractivity contribution >= 4 is 11.7 Å². The van der Waals surface area contributed by atoms with Crippen LogP contribution in [-0.2, 0) is 4.79 Å². The molecule has 6 heteroatoms. The molecule has 0 saturated carbocycles. The van der Waals surface area contributed by atoms with Crippen molar-refractivity contribution in [1.29, 1.82) is 0 Å². The van der Waals surface area contributed by atoms with Crippen LogP contribution in [0.5, 0.6) is 0 Å². The molecule has 0 aliphatic carbocycles. The average molecular weight is 249 g/mol. The molecule has 0 spiro atoms. The van der Waals surface area contributed by atoms with Crippen molar-refractivity contribution in [2.45, 2.75) is 25.8 Å². The van der Waals surface area contributed by atoms with Crippen molar-refractivity contribution in [1.82, 2.24) is 14.9 Å². The second-order valence-corrected chi connectivity index (χ2v) is 4.60. The highest BCUT2D eigenvalue weighted by Crippen LogP contribution is 2.29. The molecule has 0 aromatic carbocycles. The quantitative estimate of drug-likeness (QED) is 0.809. The standard InChI is InChI=1S/C12H19N5O/c1-8-6-11(14-2)16-12(15-8)9-4-3-5-17(9)7-10(13)18/h6,9H,3-5,7H2,1-2H3,(H2,13,18)(H,14,15,16)/t9-/m1/s1. The number of hydrogen-bond donors (Lipinski definition) is 2. The van der Waals surface area contributed by atoms with Gasteiger partial charge in [0, 0.05) is 18.8 Å². The molecule has 18 heavy (non-hydrogen) atoms. The third-order valence-corrected chi connectivity index (χ3v) is 3.15. The average Bonchev–Trinajstić information content (AvgIpc) is 2.75. The normalized spacial score (nSPS) is 20.0. The van der Waals surface area contributed by atoms with Crippen molar-refractivity contribution in [2.24, 2.45) is 5.73 Å². The summed E-state index contributed by atoms with van der Waals surface area (Å²) in [5.74, 6) is 1.28. The lowest BCUT2D eigenvalue weighted by Crippen LogP contribution is -2.34.